The minimum absolute atomic E-state index is 0.0577. The third-order valence-corrected chi connectivity index (χ3v) is 4.67. The average Bonchev–Trinajstić information content (AvgIpc) is 2.79. The van der Waals surface area contributed by atoms with Gasteiger partial charge in [0.15, 0.2) is 11.5 Å². The fraction of sp³-hybridized carbons (Fsp3) is 0.429. The summed E-state index contributed by atoms with van der Waals surface area (Å²) in [6.07, 6.45) is 3.40. The Labute approximate surface area is 176 Å². The molecule has 0 unspecified atom stereocenters. The van der Waals surface area contributed by atoms with E-state index in [1.165, 1.54) is 0 Å². The molecule has 9 nitrogen and oxygen atoms in total. The molecule has 0 saturated carbocycles. The number of rotatable bonds is 8. The summed E-state index contributed by atoms with van der Waals surface area (Å²) in [4.78, 5) is 37.3. The molecule has 1 saturated heterocycles. The van der Waals surface area contributed by atoms with Gasteiger partial charge in [-0.2, -0.15) is 0 Å². The van der Waals surface area contributed by atoms with Crippen LogP contribution in [0, 0.1) is 0 Å². The highest BCUT2D eigenvalue weighted by molar-refractivity contribution is 5.97. The van der Waals surface area contributed by atoms with Crippen LogP contribution in [0.15, 0.2) is 36.7 Å². The molecule has 0 aliphatic carbocycles. The Balaban J connectivity index is 1.51. The van der Waals surface area contributed by atoms with E-state index in [-0.39, 0.29) is 18.4 Å². The van der Waals surface area contributed by atoms with E-state index in [4.69, 9.17) is 9.47 Å². The second-order valence-electron chi connectivity index (χ2n) is 6.63. The van der Waals surface area contributed by atoms with Crippen LogP contribution < -0.4 is 19.7 Å². The lowest BCUT2D eigenvalue weighted by molar-refractivity contribution is -0.130. The second-order valence-corrected chi connectivity index (χ2v) is 6.63. The number of ether oxygens (including phenoxy) is 2. The monoisotopic (exact) mass is 413 g/mol. The van der Waals surface area contributed by atoms with Gasteiger partial charge in [-0.1, -0.05) is 0 Å². The lowest BCUT2D eigenvalue weighted by Gasteiger charge is -2.34. The quantitative estimate of drug-likeness (QED) is 0.698. The van der Waals surface area contributed by atoms with Crippen molar-refractivity contribution < 1.29 is 19.1 Å². The van der Waals surface area contributed by atoms with E-state index in [1.54, 1.807) is 41.6 Å². The van der Waals surface area contributed by atoms with Crippen molar-refractivity contribution >= 4 is 17.8 Å². The van der Waals surface area contributed by atoms with Crippen LogP contribution >= 0.6 is 0 Å². The Morgan fingerprint density at radius 3 is 2.33 bits per heavy atom. The van der Waals surface area contributed by atoms with Gasteiger partial charge in [-0.15, -0.1) is 0 Å². The lowest BCUT2D eigenvalue weighted by atomic mass is 10.2. The largest absolute Gasteiger partial charge is 0.490 e. The van der Waals surface area contributed by atoms with Gasteiger partial charge in [-0.25, -0.2) is 9.97 Å². The van der Waals surface area contributed by atoms with Gasteiger partial charge in [0.1, 0.15) is 0 Å². The van der Waals surface area contributed by atoms with Crippen molar-refractivity contribution in [1.29, 1.82) is 0 Å². The Morgan fingerprint density at radius 1 is 1.00 bits per heavy atom. The average molecular weight is 413 g/mol. The molecular formula is C21H27N5O4. The van der Waals surface area contributed by atoms with Crippen molar-refractivity contribution in [2.24, 2.45) is 0 Å². The highest BCUT2D eigenvalue weighted by atomic mass is 16.5. The van der Waals surface area contributed by atoms with Gasteiger partial charge in [-0.05, 0) is 38.1 Å². The van der Waals surface area contributed by atoms with E-state index in [0.29, 0.717) is 62.4 Å². The van der Waals surface area contributed by atoms with Crippen molar-refractivity contribution in [1.82, 2.24) is 20.2 Å². The van der Waals surface area contributed by atoms with E-state index in [0.717, 1.165) is 0 Å². The van der Waals surface area contributed by atoms with Crippen molar-refractivity contribution in [3.05, 3.63) is 42.2 Å². The number of amides is 2. The van der Waals surface area contributed by atoms with Gasteiger partial charge < -0.3 is 24.6 Å². The number of hydrogen-bond donors (Lipinski definition) is 1. The van der Waals surface area contributed by atoms with E-state index in [2.05, 4.69) is 15.3 Å². The number of nitrogens with one attached hydrogen (secondary N) is 1. The second kappa shape index (κ2) is 10.4. The standard InChI is InChI=1S/C21H27N5O4/c1-3-29-17-7-6-16(14-18(17)30-4-2)20(28)24-15-19(27)25-10-12-26(13-11-25)21-22-8-5-9-23-21/h5-9,14H,3-4,10-13,15H2,1-2H3,(H,24,28). The number of nitrogens with zero attached hydrogens (tertiary/aromatic N) is 4. The predicted molar refractivity (Wildman–Crippen MR) is 112 cm³/mol. The smallest absolute Gasteiger partial charge is 0.251 e. The summed E-state index contributed by atoms with van der Waals surface area (Å²) in [7, 11) is 0. The minimum Gasteiger partial charge on any atom is -0.490 e. The number of piperazine rings is 1. The number of carbonyl (C=O) groups is 2. The first-order valence-electron chi connectivity index (χ1n) is 10.1. The first-order valence-corrected chi connectivity index (χ1v) is 10.1. The molecule has 30 heavy (non-hydrogen) atoms. The van der Waals surface area contributed by atoms with Crippen molar-refractivity contribution in [2.45, 2.75) is 13.8 Å². The number of carbonyl (C=O) groups excluding carboxylic acids is 2. The topological polar surface area (TPSA) is 96.9 Å². The van der Waals surface area contributed by atoms with E-state index in [1.807, 2.05) is 18.7 Å². The maximum Gasteiger partial charge on any atom is 0.251 e. The molecule has 9 heteroatoms. The van der Waals surface area contributed by atoms with Gasteiger partial charge in [0, 0.05) is 44.1 Å². The highest BCUT2D eigenvalue weighted by Crippen LogP contribution is 2.28. The molecule has 1 fully saturated rings. The third kappa shape index (κ3) is 5.37. The fourth-order valence-electron chi connectivity index (χ4n) is 3.17. The summed E-state index contributed by atoms with van der Waals surface area (Å²) >= 11 is 0. The number of anilines is 1. The molecule has 0 atom stereocenters. The number of hydrogen-bond acceptors (Lipinski definition) is 7. The molecule has 1 aromatic carbocycles. The van der Waals surface area contributed by atoms with Crippen LogP contribution in [0.1, 0.15) is 24.2 Å². The molecule has 1 N–H and O–H groups in total. The number of aromatic nitrogens is 2. The SMILES string of the molecule is CCOc1ccc(C(=O)NCC(=O)N2CCN(c3ncccn3)CC2)cc1OCC. The maximum absolute atomic E-state index is 12.5. The Morgan fingerprint density at radius 2 is 1.67 bits per heavy atom. The van der Waals surface area contributed by atoms with E-state index in [9.17, 15) is 9.59 Å². The maximum atomic E-state index is 12.5. The zero-order valence-electron chi connectivity index (χ0n) is 17.3. The molecule has 2 aromatic rings. The Hall–Kier alpha value is -3.36. The normalized spacial score (nSPS) is 13.7. The molecule has 1 aliphatic rings. The summed E-state index contributed by atoms with van der Waals surface area (Å²) in [6.45, 7) is 7.08. The molecule has 160 valence electrons. The molecule has 1 aliphatic heterocycles. The predicted octanol–water partition coefficient (Wildman–Crippen LogP) is 1.35. The molecular weight excluding hydrogens is 386 g/mol. The molecule has 2 heterocycles. The van der Waals surface area contributed by atoms with Gasteiger partial charge in [0.05, 0.1) is 19.8 Å². The molecule has 2 amide bonds. The van der Waals surface area contributed by atoms with Crippen molar-refractivity contribution in [3.8, 4) is 11.5 Å². The van der Waals surface area contributed by atoms with Crippen LogP contribution in [0.5, 0.6) is 11.5 Å². The molecule has 3 rings (SSSR count). The molecule has 1 aromatic heterocycles. The van der Waals surface area contributed by atoms with Crippen LogP contribution in [0.4, 0.5) is 5.95 Å². The van der Waals surface area contributed by atoms with Crippen LogP contribution in [0.3, 0.4) is 0 Å². The Bertz CT molecular complexity index is 854. The summed E-state index contributed by atoms with van der Waals surface area (Å²) in [5.74, 6) is 1.32. The van der Waals surface area contributed by atoms with Crippen molar-refractivity contribution in [2.75, 3.05) is 50.8 Å². The lowest BCUT2D eigenvalue weighted by Crippen LogP contribution is -2.51. The van der Waals surface area contributed by atoms with E-state index >= 15 is 0 Å². The highest BCUT2D eigenvalue weighted by Gasteiger charge is 2.23. The van der Waals surface area contributed by atoms with Gasteiger partial charge in [0.25, 0.3) is 5.91 Å². The van der Waals surface area contributed by atoms with E-state index < -0.39 is 0 Å². The summed E-state index contributed by atoms with van der Waals surface area (Å²) in [6, 6.07) is 6.77. The zero-order chi connectivity index (χ0) is 21.3. The summed E-state index contributed by atoms with van der Waals surface area (Å²) in [5, 5.41) is 2.69. The first kappa shape index (κ1) is 21.4. The van der Waals surface area contributed by atoms with Gasteiger partial charge >= 0.3 is 0 Å². The van der Waals surface area contributed by atoms with Crippen molar-refractivity contribution in [3.63, 3.8) is 0 Å². The molecule has 0 bridgehead atoms. The third-order valence-electron chi connectivity index (χ3n) is 4.67. The van der Waals surface area contributed by atoms with Gasteiger partial charge in [0.2, 0.25) is 11.9 Å². The van der Waals surface area contributed by atoms with Crippen LogP contribution in [-0.4, -0.2) is 72.6 Å². The number of benzene rings is 1. The summed E-state index contributed by atoms with van der Waals surface area (Å²) in [5.41, 5.74) is 0.417. The van der Waals surface area contributed by atoms with Crippen LogP contribution in [0.25, 0.3) is 0 Å². The van der Waals surface area contributed by atoms with Gasteiger partial charge in [-0.3, -0.25) is 9.59 Å². The summed E-state index contributed by atoms with van der Waals surface area (Å²) < 4.78 is 11.1. The molecule has 0 spiro atoms. The minimum atomic E-state index is -0.330. The zero-order valence-corrected chi connectivity index (χ0v) is 17.3. The first-order chi connectivity index (χ1) is 14.6. The van der Waals surface area contributed by atoms with Crippen LogP contribution in [0.2, 0.25) is 0 Å². The fourth-order valence-corrected chi connectivity index (χ4v) is 3.17. The molecule has 0 radical (unpaired) electrons. The van der Waals surface area contributed by atoms with Crippen LogP contribution in [-0.2, 0) is 4.79 Å². The Kier molecular flexibility index (Phi) is 7.42.